The van der Waals surface area contributed by atoms with E-state index in [4.69, 9.17) is 4.74 Å². The zero-order valence-electron chi connectivity index (χ0n) is 11.8. The van der Waals surface area contributed by atoms with Gasteiger partial charge in [0.15, 0.2) is 5.78 Å². The van der Waals surface area contributed by atoms with Crippen molar-refractivity contribution in [2.45, 2.75) is 38.6 Å². The predicted octanol–water partition coefficient (Wildman–Crippen LogP) is 3.05. The summed E-state index contributed by atoms with van der Waals surface area (Å²) in [6.45, 7) is 3.27. The second kappa shape index (κ2) is 6.71. The van der Waals surface area contributed by atoms with Crippen LogP contribution >= 0.6 is 0 Å². The number of hydrogen-bond donors (Lipinski definition) is 1. The maximum Gasteiger partial charge on any atom is 0.164 e. The number of carbonyl (C=O) groups is 1. The number of piperidine rings is 1. The first-order valence-electron chi connectivity index (χ1n) is 7.13. The SMILES string of the molecule is CCC1CCNC(CC(=O)c2cccc(OC)c2)C1. The first kappa shape index (κ1) is 14.1. The summed E-state index contributed by atoms with van der Waals surface area (Å²) >= 11 is 0. The Labute approximate surface area is 115 Å². The number of methoxy groups -OCH3 is 1. The van der Waals surface area contributed by atoms with E-state index >= 15 is 0 Å². The van der Waals surface area contributed by atoms with Gasteiger partial charge in [-0.25, -0.2) is 0 Å². The number of hydrogen-bond acceptors (Lipinski definition) is 3. The molecule has 0 radical (unpaired) electrons. The van der Waals surface area contributed by atoms with E-state index in [2.05, 4.69) is 12.2 Å². The Hall–Kier alpha value is -1.35. The molecule has 0 spiro atoms. The zero-order valence-corrected chi connectivity index (χ0v) is 11.8. The molecule has 1 heterocycles. The minimum absolute atomic E-state index is 0.202. The number of nitrogens with one attached hydrogen (secondary N) is 1. The van der Waals surface area contributed by atoms with Crippen LogP contribution in [0.1, 0.15) is 43.0 Å². The van der Waals surface area contributed by atoms with E-state index in [1.807, 2.05) is 24.3 Å². The summed E-state index contributed by atoms with van der Waals surface area (Å²) < 4.78 is 5.16. The molecule has 1 fully saturated rings. The van der Waals surface area contributed by atoms with Gasteiger partial charge in [-0.15, -0.1) is 0 Å². The van der Waals surface area contributed by atoms with Crippen LogP contribution in [0.15, 0.2) is 24.3 Å². The molecule has 3 nitrogen and oxygen atoms in total. The highest BCUT2D eigenvalue weighted by Gasteiger charge is 2.22. The van der Waals surface area contributed by atoms with Gasteiger partial charge in [0.1, 0.15) is 5.75 Å². The van der Waals surface area contributed by atoms with Crippen LogP contribution < -0.4 is 10.1 Å². The lowest BCUT2D eigenvalue weighted by molar-refractivity contribution is 0.0957. The molecule has 0 saturated carbocycles. The smallest absolute Gasteiger partial charge is 0.164 e. The first-order chi connectivity index (χ1) is 9.22. The molecule has 3 heteroatoms. The second-order valence-corrected chi connectivity index (χ2v) is 5.31. The molecule has 2 rings (SSSR count). The van der Waals surface area contributed by atoms with Crippen LogP contribution in [0.3, 0.4) is 0 Å². The van der Waals surface area contributed by atoms with Crippen molar-refractivity contribution in [1.29, 1.82) is 0 Å². The number of Topliss-reactive ketones (excluding diaryl/α,β-unsaturated/α-hetero) is 1. The minimum atomic E-state index is 0.202. The predicted molar refractivity (Wildman–Crippen MR) is 76.7 cm³/mol. The third kappa shape index (κ3) is 3.80. The van der Waals surface area contributed by atoms with Gasteiger partial charge in [-0.05, 0) is 37.4 Å². The molecular formula is C16H23NO2. The molecule has 2 atom stereocenters. The molecule has 104 valence electrons. The molecule has 1 aliphatic rings. The fourth-order valence-electron chi connectivity index (χ4n) is 2.76. The van der Waals surface area contributed by atoms with Gasteiger partial charge < -0.3 is 10.1 Å². The Bertz CT molecular complexity index is 431. The molecule has 19 heavy (non-hydrogen) atoms. The summed E-state index contributed by atoms with van der Waals surface area (Å²) in [4.78, 5) is 12.3. The van der Waals surface area contributed by atoms with Crippen LogP contribution in [0, 0.1) is 5.92 Å². The molecule has 0 amide bonds. The molecule has 1 aromatic rings. The fraction of sp³-hybridized carbons (Fsp3) is 0.562. The van der Waals surface area contributed by atoms with E-state index in [0.29, 0.717) is 12.5 Å². The van der Waals surface area contributed by atoms with Crippen LogP contribution in [-0.4, -0.2) is 25.5 Å². The number of ether oxygens (including phenoxy) is 1. The molecule has 2 unspecified atom stereocenters. The highest BCUT2D eigenvalue weighted by molar-refractivity contribution is 5.96. The van der Waals surface area contributed by atoms with E-state index in [0.717, 1.165) is 30.2 Å². The van der Waals surface area contributed by atoms with Gasteiger partial charge in [-0.2, -0.15) is 0 Å². The van der Waals surface area contributed by atoms with Crippen molar-refractivity contribution in [1.82, 2.24) is 5.32 Å². The van der Waals surface area contributed by atoms with Crippen LogP contribution in [-0.2, 0) is 0 Å². The van der Waals surface area contributed by atoms with E-state index < -0.39 is 0 Å². The molecule has 1 aromatic carbocycles. The van der Waals surface area contributed by atoms with Crippen LogP contribution in [0.4, 0.5) is 0 Å². The van der Waals surface area contributed by atoms with Gasteiger partial charge in [0, 0.05) is 18.0 Å². The molecule has 0 aromatic heterocycles. The van der Waals surface area contributed by atoms with Gasteiger partial charge >= 0.3 is 0 Å². The summed E-state index contributed by atoms with van der Waals surface area (Å²) in [5.74, 6) is 1.71. The van der Waals surface area contributed by atoms with Crippen LogP contribution in [0.25, 0.3) is 0 Å². The quantitative estimate of drug-likeness (QED) is 0.828. The van der Waals surface area contributed by atoms with Crippen LogP contribution in [0.5, 0.6) is 5.75 Å². The van der Waals surface area contributed by atoms with E-state index in [9.17, 15) is 4.79 Å². The van der Waals surface area contributed by atoms with Gasteiger partial charge in [0.05, 0.1) is 7.11 Å². The topological polar surface area (TPSA) is 38.3 Å². The van der Waals surface area contributed by atoms with Gasteiger partial charge in [0.2, 0.25) is 0 Å². The van der Waals surface area contributed by atoms with Crippen molar-refractivity contribution in [3.05, 3.63) is 29.8 Å². The number of carbonyl (C=O) groups excluding carboxylic acids is 1. The number of rotatable bonds is 5. The van der Waals surface area contributed by atoms with Crippen molar-refractivity contribution in [3.63, 3.8) is 0 Å². The van der Waals surface area contributed by atoms with Crippen molar-refractivity contribution in [3.8, 4) is 5.75 Å². The van der Waals surface area contributed by atoms with Crippen molar-refractivity contribution in [2.75, 3.05) is 13.7 Å². The van der Waals surface area contributed by atoms with E-state index in [-0.39, 0.29) is 5.78 Å². The average molecular weight is 261 g/mol. The Morgan fingerprint density at radius 1 is 1.47 bits per heavy atom. The standard InChI is InChI=1S/C16H23NO2/c1-3-12-7-8-17-14(9-12)11-16(18)13-5-4-6-15(10-13)19-2/h4-6,10,12,14,17H,3,7-9,11H2,1-2H3. The van der Waals surface area contributed by atoms with Crippen molar-refractivity contribution in [2.24, 2.45) is 5.92 Å². The lowest BCUT2D eigenvalue weighted by atomic mass is 9.87. The van der Waals surface area contributed by atoms with E-state index in [1.165, 1.54) is 12.8 Å². The number of benzene rings is 1. The maximum atomic E-state index is 12.3. The van der Waals surface area contributed by atoms with Gasteiger partial charge in [-0.1, -0.05) is 25.5 Å². The summed E-state index contributed by atoms with van der Waals surface area (Å²) in [7, 11) is 1.62. The molecule has 1 aliphatic heterocycles. The Kier molecular flexibility index (Phi) is 4.97. The monoisotopic (exact) mass is 261 g/mol. The lowest BCUT2D eigenvalue weighted by Crippen LogP contribution is -2.39. The van der Waals surface area contributed by atoms with Gasteiger partial charge in [0.25, 0.3) is 0 Å². The highest BCUT2D eigenvalue weighted by Crippen LogP contribution is 2.22. The maximum absolute atomic E-state index is 12.3. The zero-order chi connectivity index (χ0) is 13.7. The summed E-state index contributed by atoms with van der Waals surface area (Å²) in [6, 6.07) is 7.75. The second-order valence-electron chi connectivity index (χ2n) is 5.31. The lowest BCUT2D eigenvalue weighted by Gasteiger charge is -2.29. The Morgan fingerprint density at radius 3 is 3.05 bits per heavy atom. The summed E-state index contributed by atoms with van der Waals surface area (Å²) in [5.41, 5.74) is 0.750. The minimum Gasteiger partial charge on any atom is -0.497 e. The summed E-state index contributed by atoms with van der Waals surface area (Å²) in [5, 5.41) is 3.46. The van der Waals surface area contributed by atoms with Crippen LogP contribution in [0.2, 0.25) is 0 Å². The molecule has 0 bridgehead atoms. The fourth-order valence-corrected chi connectivity index (χ4v) is 2.76. The highest BCUT2D eigenvalue weighted by atomic mass is 16.5. The normalized spacial score (nSPS) is 23.1. The third-order valence-corrected chi connectivity index (χ3v) is 4.00. The molecule has 1 N–H and O–H groups in total. The van der Waals surface area contributed by atoms with Gasteiger partial charge in [-0.3, -0.25) is 4.79 Å². The van der Waals surface area contributed by atoms with Crippen molar-refractivity contribution >= 4 is 5.78 Å². The average Bonchev–Trinajstić information content (AvgIpc) is 2.47. The first-order valence-corrected chi connectivity index (χ1v) is 7.13. The largest absolute Gasteiger partial charge is 0.497 e. The molecular weight excluding hydrogens is 238 g/mol. The molecule has 1 saturated heterocycles. The molecule has 0 aliphatic carbocycles. The summed E-state index contributed by atoms with van der Waals surface area (Å²) in [6.07, 6.45) is 4.15. The van der Waals surface area contributed by atoms with E-state index in [1.54, 1.807) is 7.11 Å². The Balaban J connectivity index is 1.96. The van der Waals surface area contributed by atoms with Crippen molar-refractivity contribution < 1.29 is 9.53 Å². The number of ketones is 1. The third-order valence-electron chi connectivity index (χ3n) is 4.00. The Morgan fingerprint density at radius 2 is 2.32 bits per heavy atom.